The van der Waals surface area contributed by atoms with Crippen LogP contribution in [-0.4, -0.2) is 102 Å². The van der Waals surface area contributed by atoms with Gasteiger partial charge in [-0.25, -0.2) is 0 Å². The van der Waals surface area contributed by atoms with Crippen LogP contribution in [0.4, 0.5) is 0 Å². The molecule has 0 bridgehead atoms. The van der Waals surface area contributed by atoms with Gasteiger partial charge in [0, 0.05) is 6.61 Å². The summed E-state index contributed by atoms with van der Waals surface area (Å²) in [6, 6.07) is 0. The minimum atomic E-state index is -0.0364. The molecule has 5 unspecified atom stereocenters. The summed E-state index contributed by atoms with van der Waals surface area (Å²) >= 11 is 0. The zero-order valence-corrected chi connectivity index (χ0v) is 27.7. The van der Waals surface area contributed by atoms with Crippen LogP contribution >= 0.6 is 0 Å². The van der Waals surface area contributed by atoms with E-state index in [9.17, 15) is 0 Å². The minimum absolute atomic E-state index is 0.00660. The van der Waals surface area contributed by atoms with Gasteiger partial charge in [-0.3, -0.25) is 0 Å². The third kappa shape index (κ3) is 30.9. The first-order valence-electron chi connectivity index (χ1n) is 16.7. The summed E-state index contributed by atoms with van der Waals surface area (Å²) in [7, 11) is 0. The van der Waals surface area contributed by atoms with E-state index in [0.717, 1.165) is 13.0 Å². The van der Waals surface area contributed by atoms with Crippen LogP contribution in [0.15, 0.2) is 0 Å². The molecular weight excluding hydrogens is 524 g/mol. The largest absolute Gasteiger partial charge is 0.394 e. The maximum atomic E-state index is 8.69. The van der Waals surface area contributed by atoms with Crippen LogP contribution in [0.1, 0.15) is 119 Å². The lowest BCUT2D eigenvalue weighted by Crippen LogP contribution is -2.29. The van der Waals surface area contributed by atoms with Gasteiger partial charge in [0.05, 0.1) is 90.0 Å². The molecule has 8 nitrogen and oxygen atoms in total. The van der Waals surface area contributed by atoms with Crippen molar-refractivity contribution in [3.63, 3.8) is 0 Å². The molecule has 0 heterocycles. The average molecular weight is 593 g/mol. The zero-order valence-electron chi connectivity index (χ0n) is 27.7. The maximum Gasteiger partial charge on any atom is 0.0781 e. The van der Waals surface area contributed by atoms with Crippen molar-refractivity contribution < 1.29 is 38.3 Å². The van der Waals surface area contributed by atoms with E-state index >= 15 is 0 Å². The van der Waals surface area contributed by atoms with Crippen LogP contribution in [0.3, 0.4) is 0 Å². The Morgan fingerprint density at radius 3 is 1.22 bits per heavy atom. The maximum absolute atomic E-state index is 8.69. The number of hydrogen-bond donors (Lipinski definition) is 1. The highest BCUT2D eigenvalue weighted by molar-refractivity contribution is 4.58. The van der Waals surface area contributed by atoms with Gasteiger partial charge >= 0.3 is 0 Å². The molecule has 41 heavy (non-hydrogen) atoms. The normalized spacial score (nSPS) is 15.6. The summed E-state index contributed by atoms with van der Waals surface area (Å²) in [5, 5.41) is 8.69. The molecule has 0 spiro atoms. The molecule has 0 aliphatic carbocycles. The topological polar surface area (TPSA) is 84.8 Å². The lowest BCUT2D eigenvalue weighted by Gasteiger charge is -2.22. The van der Waals surface area contributed by atoms with Gasteiger partial charge in [0.15, 0.2) is 0 Å². The van der Waals surface area contributed by atoms with Crippen molar-refractivity contribution in [2.24, 2.45) is 0 Å². The van der Waals surface area contributed by atoms with E-state index in [1.165, 1.54) is 70.6 Å². The number of ether oxygens (including phenoxy) is 7. The van der Waals surface area contributed by atoms with Crippen molar-refractivity contribution in [1.29, 1.82) is 0 Å². The number of aliphatic hydroxyl groups excluding tert-OH is 1. The second-order valence-corrected chi connectivity index (χ2v) is 11.6. The van der Waals surface area contributed by atoms with E-state index in [4.69, 9.17) is 38.3 Å². The molecule has 0 fully saturated rings. The number of hydrogen-bond acceptors (Lipinski definition) is 8. The summed E-state index contributed by atoms with van der Waals surface area (Å²) in [6.45, 7) is 17.1. The van der Waals surface area contributed by atoms with E-state index in [1.54, 1.807) is 0 Å². The second kappa shape index (κ2) is 31.1. The summed E-state index contributed by atoms with van der Waals surface area (Å²) in [5.41, 5.74) is 0. The molecule has 5 atom stereocenters. The van der Waals surface area contributed by atoms with E-state index in [0.29, 0.717) is 52.9 Å². The van der Waals surface area contributed by atoms with Crippen LogP contribution in [0.2, 0.25) is 0 Å². The van der Waals surface area contributed by atoms with Crippen molar-refractivity contribution in [2.75, 3.05) is 66.1 Å². The molecule has 0 aromatic carbocycles. The first kappa shape index (κ1) is 40.7. The van der Waals surface area contributed by atoms with Crippen LogP contribution in [0, 0.1) is 0 Å². The van der Waals surface area contributed by atoms with Gasteiger partial charge in [-0.05, 0) is 41.0 Å². The Kier molecular flexibility index (Phi) is 30.9. The second-order valence-electron chi connectivity index (χ2n) is 11.6. The van der Waals surface area contributed by atoms with E-state index in [1.807, 2.05) is 27.7 Å². The fourth-order valence-electron chi connectivity index (χ4n) is 4.21. The summed E-state index contributed by atoms with van der Waals surface area (Å²) < 4.78 is 40.1. The molecule has 0 rings (SSSR count). The Bertz CT molecular complexity index is 510. The molecule has 0 aromatic heterocycles. The predicted molar refractivity (Wildman–Crippen MR) is 167 cm³/mol. The van der Waals surface area contributed by atoms with Crippen molar-refractivity contribution >= 4 is 0 Å². The molecule has 0 amide bonds. The van der Waals surface area contributed by atoms with Gasteiger partial charge in [-0.1, -0.05) is 77.6 Å². The number of unbranched alkanes of at least 4 members (excludes halogenated alkanes) is 11. The molecular formula is C33H68O8. The fraction of sp³-hybridized carbons (Fsp3) is 1.00. The van der Waals surface area contributed by atoms with E-state index < -0.39 is 0 Å². The van der Waals surface area contributed by atoms with Crippen LogP contribution in [-0.2, 0) is 33.2 Å². The summed E-state index contributed by atoms with van der Waals surface area (Å²) in [4.78, 5) is 0. The third-order valence-electron chi connectivity index (χ3n) is 6.82. The molecule has 8 heteroatoms. The lowest BCUT2D eigenvalue weighted by atomic mass is 10.1. The molecule has 0 aliphatic heterocycles. The van der Waals surface area contributed by atoms with Crippen LogP contribution in [0.5, 0.6) is 0 Å². The lowest BCUT2D eigenvalue weighted by molar-refractivity contribution is -0.101. The molecule has 0 aromatic rings. The standard InChI is InChI=1S/C33H68O8/c1-7-8-9-10-11-12-13-14-15-16-17-18-20-36-24-29(2)38-26-31(4)40-28-33(6)41-27-32(5)39-25-30(3)37-23-22-35-21-19-34/h29-34H,7-28H2,1-6H3. The Hall–Kier alpha value is -0.320. The average Bonchev–Trinajstić information content (AvgIpc) is 2.96. The van der Waals surface area contributed by atoms with Crippen LogP contribution in [0.25, 0.3) is 0 Å². The minimum Gasteiger partial charge on any atom is -0.394 e. The fourth-order valence-corrected chi connectivity index (χ4v) is 4.21. The van der Waals surface area contributed by atoms with Crippen molar-refractivity contribution in [2.45, 2.75) is 149 Å². The Labute approximate surface area is 253 Å². The molecule has 0 aliphatic rings. The predicted octanol–water partition coefficient (Wildman–Crippen LogP) is 6.74. The van der Waals surface area contributed by atoms with Gasteiger partial charge in [0.25, 0.3) is 0 Å². The van der Waals surface area contributed by atoms with E-state index in [-0.39, 0.29) is 37.1 Å². The Balaban J connectivity index is 3.56. The smallest absolute Gasteiger partial charge is 0.0781 e. The highest BCUT2D eigenvalue weighted by Crippen LogP contribution is 2.12. The quantitative estimate of drug-likeness (QED) is 0.0839. The first-order valence-corrected chi connectivity index (χ1v) is 16.7. The van der Waals surface area contributed by atoms with Gasteiger partial charge in [-0.15, -0.1) is 0 Å². The van der Waals surface area contributed by atoms with Crippen LogP contribution < -0.4 is 0 Å². The highest BCUT2D eigenvalue weighted by atomic mass is 16.6. The van der Waals surface area contributed by atoms with Gasteiger partial charge in [0.1, 0.15) is 0 Å². The van der Waals surface area contributed by atoms with Gasteiger partial charge in [0.2, 0.25) is 0 Å². The first-order chi connectivity index (χ1) is 19.9. The Morgan fingerprint density at radius 1 is 0.390 bits per heavy atom. The van der Waals surface area contributed by atoms with Gasteiger partial charge < -0.3 is 38.3 Å². The summed E-state index contributed by atoms with van der Waals surface area (Å²) in [6.07, 6.45) is 16.2. The zero-order chi connectivity index (χ0) is 30.4. The summed E-state index contributed by atoms with van der Waals surface area (Å²) in [5.74, 6) is 0. The number of rotatable bonds is 33. The molecule has 0 radical (unpaired) electrons. The van der Waals surface area contributed by atoms with Crippen molar-refractivity contribution in [1.82, 2.24) is 0 Å². The molecule has 0 saturated heterocycles. The SMILES string of the molecule is CCCCCCCCCCCCCCOCC(C)OCC(C)OCC(C)OCC(C)OCC(C)OCCOCCO. The van der Waals surface area contributed by atoms with E-state index in [2.05, 4.69) is 13.8 Å². The molecule has 1 N–H and O–H groups in total. The third-order valence-corrected chi connectivity index (χ3v) is 6.82. The highest BCUT2D eigenvalue weighted by Gasteiger charge is 2.13. The van der Waals surface area contributed by atoms with Crippen molar-refractivity contribution in [3.8, 4) is 0 Å². The number of aliphatic hydroxyl groups is 1. The monoisotopic (exact) mass is 592 g/mol. The molecule has 0 saturated carbocycles. The molecule has 248 valence electrons. The van der Waals surface area contributed by atoms with Crippen molar-refractivity contribution in [3.05, 3.63) is 0 Å². The Morgan fingerprint density at radius 2 is 0.780 bits per heavy atom. The van der Waals surface area contributed by atoms with Gasteiger partial charge in [-0.2, -0.15) is 0 Å².